The molecule has 0 aliphatic carbocycles. The van der Waals surface area contributed by atoms with Gasteiger partial charge in [-0.2, -0.15) is 0 Å². The maximum atomic E-state index is 6.17. The molecule has 1 aliphatic rings. The first kappa shape index (κ1) is 17.8. The Kier molecular flexibility index (Phi) is 6.49. The van der Waals surface area contributed by atoms with E-state index in [1.165, 1.54) is 5.57 Å². The fourth-order valence-electron chi connectivity index (χ4n) is 2.40. The molecule has 0 amide bonds. The molecule has 0 aromatic carbocycles. The van der Waals surface area contributed by atoms with E-state index in [0.29, 0.717) is 12.5 Å². The van der Waals surface area contributed by atoms with Crippen LogP contribution in [-0.4, -0.2) is 36.2 Å². The number of hydrogen-bond acceptors (Lipinski definition) is 4. The molecule has 0 bridgehead atoms. The molecule has 0 spiro atoms. The van der Waals surface area contributed by atoms with Crippen molar-refractivity contribution >= 4 is 0 Å². The molecule has 120 valence electrons. The van der Waals surface area contributed by atoms with E-state index >= 15 is 0 Å². The van der Waals surface area contributed by atoms with E-state index in [1.807, 2.05) is 13.8 Å². The van der Waals surface area contributed by atoms with Crippen LogP contribution in [0.3, 0.4) is 0 Å². The van der Waals surface area contributed by atoms with E-state index in [2.05, 4.69) is 43.9 Å². The lowest BCUT2D eigenvalue weighted by Crippen LogP contribution is -2.55. The largest absolute Gasteiger partial charge is 0.403 e. The first-order chi connectivity index (χ1) is 9.79. The zero-order valence-electron chi connectivity index (χ0n) is 14.1. The number of allylic oxidation sites excluding steroid dienone is 4. The van der Waals surface area contributed by atoms with Crippen molar-refractivity contribution in [2.24, 2.45) is 17.4 Å². The molecular formula is C17H31N3O. The summed E-state index contributed by atoms with van der Waals surface area (Å²) in [5.41, 5.74) is 14.0. The minimum Gasteiger partial charge on any atom is -0.403 e. The molecule has 0 aromatic heterocycles. The van der Waals surface area contributed by atoms with Gasteiger partial charge in [0.2, 0.25) is 0 Å². The van der Waals surface area contributed by atoms with Crippen molar-refractivity contribution in [1.29, 1.82) is 0 Å². The second kappa shape index (κ2) is 7.66. The second-order valence-corrected chi connectivity index (χ2v) is 6.50. The van der Waals surface area contributed by atoms with Crippen LogP contribution in [0.25, 0.3) is 0 Å². The molecule has 1 heterocycles. The normalized spacial score (nSPS) is 22.4. The molecule has 1 atom stereocenters. The third-order valence-electron chi connectivity index (χ3n) is 3.88. The van der Waals surface area contributed by atoms with Crippen LogP contribution in [0.15, 0.2) is 35.7 Å². The summed E-state index contributed by atoms with van der Waals surface area (Å²) in [6, 6.07) is 0. The molecule has 4 N–H and O–H groups in total. The minimum atomic E-state index is -0.353. The Balaban J connectivity index is 2.79. The van der Waals surface area contributed by atoms with Gasteiger partial charge in [0.15, 0.2) is 0 Å². The number of morpholine rings is 1. The average molecular weight is 293 g/mol. The molecular weight excluding hydrogens is 262 g/mol. The Morgan fingerprint density at radius 1 is 1.33 bits per heavy atom. The molecule has 1 rings (SSSR count). The predicted molar refractivity (Wildman–Crippen MR) is 89.6 cm³/mol. The number of nitrogens with two attached hydrogens (primary N) is 2. The maximum absolute atomic E-state index is 6.17. The molecule has 0 aromatic rings. The lowest BCUT2D eigenvalue weighted by molar-refractivity contribution is -0.0479. The van der Waals surface area contributed by atoms with Crippen LogP contribution in [0, 0.1) is 5.92 Å². The van der Waals surface area contributed by atoms with Gasteiger partial charge in [-0.05, 0) is 38.3 Å². The summed E-state index contributed by atoms with van der Waals surface area (Å²) in [5, 5.41) is 0. The molecule has 1 fully saturated rings. The van der Waals surface area contributed by atoms with E-state index in [-0.39, 0.29) is 11.6 Å². The van der Waals surface area contributed by atoms with Gasteiger partial charge in [-0.1, -0.05) is 26.0 Å². The highest BCUT2D eigenvalue weighted by atomic mass is 16.5. The van der Waals surface area contributed by atoms with Gasteiger partial charge in [-0.25, -0.2) is 0 Å². The Hall–Kier alpha value is -1.26. The fraction of sp³-hybridized carbons (Fsp3) is 0.647. The van der Waals surface area contributed by atoms with Crippen LogP contribution in [0.2, 0.25) is 0 Å². The van der Waals surface area contributed by atoms with Crippen LogP contribution in [0.5, 0.6) is 0 Å². The highest BCUT2D eigenvalue weighted by Gasteiger charge is 2.31. The lowest BCUT2D eigenvalue weighted by atomic mass is 9.97. The Morgan fingerprint density at radius 3 is 2.48 bits per heavy atom. The highest BCUT2D eigenvalue weighted by Crippen LogP contribution is 2.20. The summed E-state index contributed by atoms with van der Waals surface area (Å²) in [6.45, 7) is 12.7. The molecule has 4 nitrogen and oxygen atoms in total. The van der Waals surface area contributed by atoms with Crippen LogP contribution < -0.4 is 11.5 Å². The minimum absolute atomic E-state index is 0.0147. The van der Waals surface area contributed by atoms with Crippen molar-refractivity contribution in [2.45, 2.75) is 46.3 Å². The fourth-order valence-corrected chi connectivity index (χ4v) is 2.40. The zero-order chi connectivity index (χ0) is 16.0. The molecule has 21 heavy (non-hydrogen) atoms. The summed E-state index contributed by atoms with van der Waals surface area (Å²) < 4.78 is 5.78. The predicted octanol–water partition coefficient (Wildman–Crippen LogP) is 2.38. The van der Waals surface area contributed by atoms with E-state index in [9.17, 15) is 0 Å². The third kappa shape index (κ3) is 5.21. The van der Waals surface area contributed by atoms with Gasteiger partial charge < -0.3 is 21.1 Å². The molecule has 4 heteroatoms. The van der Waals surface area contributed by atoms with Crippen molar-refractivity contribution in [3.05, 3.63) is 35.7 Å². The molecule has 1 saturated heterocycles. The van der Waals surface area contributed by atoms with Gasteiger partial charge in [0, 0.05) is 24.8 Å². The number of ether oxygens (including phenoxy) is 1. The number of rotatable bonds is 5. The van der Waals surface area contributed by atoms with Gasteiger partial charge >= 0.3 is 0 Å². The van der Waals surface area contributed by atoms with Crippen LogP contribution in [-0.2, 0) is 4.74 Å². The van der Waals surface area contributed by atoms with E-state index in [0.717, 1.165) is 18.8 Å². The standard InChI is InChI=1S/C17H31N3O/c1-6-14(13(2)3)7-8-15(11-18)20-9-10-21-16(12-20)17(4,5)19/h6-8,11,13,16H,9-10,12,18-19H2,1-5H3/b8-7-,14-6+,15-11+. The first-order valence-corrected chi connectivity index (χ1v) is 7.71. The summed E-state index contributed by atoms with van der Waals surface area (Å²) in [7, 11) is 0. The number of hydrogen-bond donors (Lipinski definition) is 2. The molecule has 0 radical (unpaired) electrons. The van der Waals surface area contributed by atoms with Gasteiger partial charge in [0.05, 0.1) is 18.4 Å². The summed E-state index contributed by atoms with van der Waals surface area (Å²) in [6.07, 6.45) is 8.04. The van der Waals surface area contributed by atoms with E-state index < -0.39 is 0 Å². The van der Waals surface area contributed by atoms with Gasteiger partial charge in [-0.3, -0.25) is 0 Å². The van der Waals surface area contributed by atoms with Crippen molar-refractivity contribution in [2.75, 3.05) is 19.7 Å². The summed E-state index contributed by atoms with van der Waals surface area (Å²) >= 11 is 0. The molecule has 1 unspecified atom stereocenters. The van der Waals surface area contributed by atoms with Gasteiger partial charge in [-0.15, -0.1) is 0 Å². The van der Waals surface area contributed by atoms with E-state index in [1.54, 1.807) is 6.20 Å². The Labute approximate surface area is 129 Å². The zero-order valence-corrected chi connectivity index (χ0v) is 14.1. The smallest absolute Gasteiger partial charge is 0.0924 e. The first-order valence-electron chi connectivity index (χ1n) is 7.71. The van der Waals surface area contributed by atoms with Crippen molar-refractivity contribution in [3.8, 4) is 0 Å². The van der Waals surface area contributed by atoms with Crippen LogP contribution >= 0.6 is 0 Å². The quantitative estimate of drug-likeness (QED) is 0.764. The van der Waals surface area contributed by atoms with Crippen LogP contribution in [0.4, 0.5) is 0 Å². The van der Waals surface area contributed by atoms with Crippen molar-refractivity contribution < 1.29 is 4.74 Å². The topological polar surface area (TPSA) is 64.5 Å². The maximum Gasteiger partial charge on any atom is 0.0924 e. The van der Waals surface area contributed by atoms with Gasteiger partial charge in [0.25, 0.3) is 0 Å². The average Bonchev–Trinajstić information content (AvgIpc) is 2.42. The van der Waals surface area contributed by atoms with Crippen molar-refractivity contribution in [3.63, 3.8) is 0 Å². The third-order valence-corrected chi connectivity index (χ3v) is 3.88. The Morgan fingerprint density at radius 2 is 2.00 bits per heavy atom. The summed E-state index contributed by atoms with van der Waals surface area (Å²) in [4.78, 5) is 2.24. The van der Waals surface area contributed by atoms with Crippen LogP contribution in [0.1, 0.15) is 34.6 Å². The molecule has 0 saturated carbocycles. The van der Waals surface area contributed by atoms with Gasteiger partial charge in [0.1, 0.15) is 0 Å². The number of nitrogens with zero attached hydrogens (tertiary/aromatic N) is 1. The van der Waals surface area contributed by atoms with Crippen molar-refractivity contribution in [1.82, 2.24) is 4.90 Å². The monoisotopic (exact) mass is 293 g/mol. The van der Waals surface area contributed by atoms with E-state index in [4.69, 9.17) is 16.2 Å². The summed E-state index contributed by atoms with van der Waals surface area (Å²) in [5.74, 6) is 0.505. The Bertz CT molecular complexity index is 416. The highest BCUT2D eigenvalue weighted by molar-refractivity contribution is 5.28. The molecule has 1 aliphatic heterocycles. The SMILES string of the molecule is C\C=C(/C=C\C(=C/N)N1CCOC(C(C)(C)N)C1)C(C)C. The lowest BCUT2D eigenvalue weighted by Gasteiger charge is -2.40. The second-order valence-electron chi connectivity index (χ2n) is 6.50.